The van der Waals surface area contributed by atoms with E-state index in [0.29, 0.717) is 17.6 Å². The van der Waals surface area contributed by atoms with Crippen LogP contribution in [0.3, 0.4) is 0 Å². The Kier molecular flexibility index (Phi) is 7.75. The third-order valence-electron chi connectivity index (χ3n) is 12.9. The van der Waals surface area contributed by atoms with E-state index in [1.807, 2.05) is 36.4 Å². The summed E-state index contributed by atoms with van der Waals surface area (Å²) < 4.78 is 4.70. The fraction of sp³-hybridized carbons (Fsp3) is 0.0172. The zero-order valence-corrected chi connectivity index (χ0v) is 34.4. The van der Waals surface area contributed by atoms with Crippen molar-refractivity contribution in [1.29, 1.82) is 0 Å². The molecule has 294 valence electrons. The largest absolute Gasteiger partial charge is 0.307 e. The van der Waals surface area contributed by atoms with E-state index >= 15 is 0 Å². The maximum atomic E-state index is 5.28. The van der Waals surface area contributed by atoms with Crippen molar-refractivity contribution in [2.24, 2.45) is 0 Å². The fourth-order valence-electron chi connectivity index (χ4n) is 10.1. The molecule has 13 aromatic rings. The summed E-state index contributed by atoms with van der Waals surface area (Å²) in [7, 11) is 0. The Balaban J connectivity index is 1.07. The van der Waals surface area contributed by atoms with Crippen LogP contribution in [0.4, 0.5) is 0 Å². The standard InChI is InChI=1S/C58H37N5/c1-36-34-40(29-31-41(36)39-28-30-46-44-22-9-8-20-42(44)43-21-10-11-23-45(43)51(46)35-39)62-52-26-14-12-24-47(52)49-32-33-50-48-25-13-15-27-53(48)63(55(50)54(49)62)58-60-56(37-16-4-2-5-17-37)59-57(61-58)38-18-6-3-7-19-38/h2-35H,1H3. The first-order valence-corrected chi connectivity index (χ1v) is 21.5. The maximum Gasteiger partial charge on any atom is 0.238 e. The van der Waals surface area contributed by atoms with Crippen molar-refractivity contribution >= 4 is 75.9 Å². The van der Waals surface area contributed by atoms with Gasteiger partial charge in [-0.2, -0.15) is 9.97 Å². The second-order valence-electron chi connectivity index (χ2n) is 16.4. The van der Waals surface area contributed by atoms with E-state index in [2.05, 4.69) is 186 Å². The lowest BCUT2D eigenvalue weighted by molar-refractivity contribution is 0.953. The summed E-state index contributed by atoms with van der Waals surface area (Å²) in [4.78, 5) is 15.6. The number of nitrogens with zero attached hydrogens (tertiary/aromatic N) is 5. The van der Waals surface area contributed by atoms with Crippen molar-refractivity contribution in [3.63, 3.8) is 0 Å². The topological polar surface area (TPSA) is 48.5 Å². The molecule has 0 aliphatic heterocycles. The zero-order chi connectivity index (χ0) is 41.6. The molecule has 0 bridgehead atoms. The van der Waals surface area contributed by atoms with Gasteiger partial charge >= 0.3 is 0 Å². The van der Waals surface area contributed by atoms with Gasteiger partial charge in [-0.15, -0.1) is 0 Å². The van der Waals surface area contributed by atoms with E-state index in [1.54, 1.807) is 0 Å². The van der Waals surface area contributed by atoms with E-state index in [4.69, 9.17) is 15.0 Å². The van der Waals surface area contributed by atoms with Crippen molar-refractivity contribution in [3.8, 4) is 45.5 Å². The molecule has 0 saturated carbocycles. The first kappa shape index (κ1) is 35.4. The number of para-hydroxylation sites is 2. The van der Waals surface area contributed by atoms with Gasteiger partial charge in [0, 0.05) is 38.4 Å². The highest BCUT2D eigenvalue weighted by atomic mass is 15.2. The van der Waals surface area contributed by atoms with Gasteiger partial charge in [-0.3, -0.25) is 4.57 Å². The lowest BCUT2D eigenvalue weighted by atomic mass is 9.91. The highest BCUT2D eigenvalue weighted by Gasteiger charge is 2.24. The van der Waals surface area contributed by atoms with Crippen LogP contribution in [0.1, 0.15) is 5.56 Å². The molecule has 0 spiro atoms. The number of hydrogen-bond acceptors (Lipinski definition) is 3. The number of aromatic nitrogens is 5. The molecular formula is C58H37N5. The summed E-state index contributed by atoms with van der Waals surface area (Å²) in [5, 5.41) is 12.3. The Morgan fingerprint density at radius 2 is 0.762 bits per heavy atom. The SMILES string of the molecule is Cc1cc(-n2c3ccccc3c3ccc4c5ccccc5n(-c5nc(-c6ccccc6)nc(-c6ccccc6)n5)c4c32)ccc1-c1ccc2c3ccccc3c3ccccc3c2c1. The van der Waals surface area contributed by atoms with E-state index in [1.165, 1.54) is 54.4 Å². The van der Waals surface area contributed by atoms with Gasteiger partial charge in [-0.25, -0.2) is 4.98 Å². The van der Waals surface area contributed by atoms with Gasteiger partial charge in [0.2, 0.25) is 5.95 Å². The molecule has 0 fully saturated rings. The summed E-state index contributed by atoms with van der Waals surface area (Å²) in [5.74, 6) is 1.82. The molecule has 13 rings (SSSR count). The molecule has 0 N–H and O–H groups in total. The smallest absolute Gasteiger partial charge is 0.238 e. The Bertz CT molecular complexity index is 3880. The van der Waals surface area contributed by atoms with Crippen LogP contribution >= 0.6 is 0 Å². The summed E-state index contributed by atoms with van der Waals surface area (Å²) in [6.45, 7) is 2.24. The van der Waals surface area contributed by atoms with Crippen LogP contribution < -0.4 is 0 Å². The van der Waals surface area contributed by atoms with Crippen molar-refractivity contribution in [3.05, 3.63) is 212 Å². The second-order valence-corrected chi connectivity index (χ2v) is 16.4. The molecule has 3 heterocycles. The van der Waals surface area contributed by atoms with Gasteiger partial charge in [0.05, 0.1) is 22.1 Å². The quantitative estimate of drug-likeness (QED) is 0.163. The highest BCUT2D eigenvalue weighted by Crippen LogP contribution is 2.43. The number of aryl methyl sites for hydroxylation is 1. The van der Waals surface area contributed by atoms with Crippen molar-refractivity contribution < 1.29 is 0 Å². The number of fused-ring (bicyclic) bond motifs is 13. The molecule has 0 amide bonds. The molecule has 0 aliphatic carbocycles. The van der Waals surface area contributed by atoms with Crippen LogP contribution in [-0.4, -0.2) is 24.1 Å². The normalized spacial score (nSPS) is 11.9. The summed E-state index contributed by atoms with van der Waals surface area (Å²) in [6.07, 6.45) is 0. The third-order valence-corrected chi connectivity index (χ3v) is 12.9. The van der Waals surface area contributed by atoms with Crippen LogP contribution in [0.25, 0.3) is 121 Å². The van der Waals surface area contributed by atoms with Crippen molar-refractivity contribution in [2.45, 2.75) is 6.92 Å². The molecular weight excluding hydrogens is 767 g/mol. The predicted octanol–water partition coefficient (Wildman–Crippen LogP) is 14.8. The van der Waals surface area contributed by atoms with E-state index < -0.39 is 0 Å². The molecule has 63 heavy (non-hydrogen) atoms. The van der Waals surface area contributed by atoms with Crippen LogP contribution in [0.5, 0.6) is 0 Å². The van der Waals surface area contributed by atoms with Crippen molar-refractivity contribution in [2.75, 3.05) is 0 Å². The van der Waals surface area contributed by atoms with Gasteiger partial charge < -0.3 is 4.57 Å². The monoisotopic (exact) mass is 803 g/mol. The fourth-order valence-corrected chi connectivity index (χ4v) is 10.1. The van der Waals surface area contributed by atoms with Crippen LogP contribution in [0.15, 0.2) is 206 Å². The lowest BCUT2D eigenvalue weighted by Gasteiger charge is -2.15. The molecule has 0 radical (unpaired) electrons. The average molecular weight is 804 g/mol. The Labute approximate surface area is 362 Å². The number of benzene rings is 10. The van der Waals surface area contributed by atoms with Gasteiger partial charge in [0.25, 0.3) is 0 Å². The molecule has 0 aliphatic rings. The summed E-state index contributed by atoms with van der Waals surface area (Å²) in [5.41, 5.74) is 10.9. The minimum Gasteiger partial charge on any atom is -0.307 e. The summed E-state index contributed by atoms with van der Waals surface area (Å²) >= 11 is 0. The molecule has 0 saturated heterocycles. The molecule has 0 atom stereocenters. The molecule has 5 nitrogen and oxygen atoms in total. The lowest BCUT2D eigenvalue weighted by Crippen LogP contribution is -2.07. The molecule has 0 unspecified atom stereocenters. The summed E-state index contributed by atoms with van der Waals surface area (Å²) in [6, 6.07) is 73.8. The van der Waals surface area contributed by atoms with Gasteiger partial charge in [-0.1, -0.05) is 176 Å². The van der Waals surface area contributed by atoms with Crippen LogP contribution in [-0.2, 0) is 0 Å². The average Bonchev–Trinajstić information content (AvgIpc) is 3.88. The van der Waals surface area contributed by atoms with E-state index in [9.17, 15) is 0 Å². The number of hydrogen-bond donors (Lipinski definition) is 0. The zero-order valence-electron chi connectivity index (χ0n) is 34.4. The molecule has 5 heteroatoms. The van der Waals surface area contributed by atoms with Gasteiger partial charge in [0.15, 0.2) is 11.6 Å². The second kappa shape index (κ2) is 13.8. The first-order chi connectivity index (χ1) is 31.2. The van der Waals surface area contributed by atoms with E-state index in [-0.39, 0.29) is 0 Å². The third kappa shape index (κ3) is 5.40. The number of rotatable bonds is 5. The van der Waals surface area contributed by atoms with Crippen LogP contribution in [0, 0.1) is 6.92 Å². The van der Waals surface area contributed by atoms with Gasteiger partial charge in [-0.05, 0) is 86.3 Å². The maximum absolute atomic E-state index is 5.28. The Morgan fingerprint density at radius 3 is 1.32 bits per heavy atom. The molecule has 10 aromatic carbocycles. The first-order valence-electron chi connectivity index (χ1n) is 21.5. The highest BCUT2D eigenvalue weighted by molar-refractivity contribution is 6.26. The molecule has 3 aromatic heterocycles. The minimum atomic E-state index is 0.571. The van der Waals surface area contributed by atoms with E-state index in [0.717, 1.165) is 55.0 Å². The Hall–Kier alpha value is -8.41. The predicted molar refractivity (Wildman–Crippen MR) is 262 cm³/mol. The minimum absolute atomic E-state index is 0.571. The Morgan fingerprint density at radius 1 is 0.317 bits per heavy atom. The van der Waals surface area contributed by atoms with Crippen molar-refractivity contribution in [1.82, 2.24) is 24.1 Å². The van der Waals surface area contributed by atoms with Crippen LogP contribution in [0.2, 0.25) is 0 Å². The van der Waals surface area contributed by atoms with Gasteiger partial charge in [0.1, 0.15) is 0 Å².